The predicted octanol–water partition coefficient (Wildman–Crippen LogP) is 3.28. The zero-order valence-corrected chi connectivity index (χ0v) is 15.4. The summed E-state index contributed by atoms with van der Waals surface area (Å²) < 4.78 is 1.27. The van der Waals surface area contributed by atoms with E-state index in [2.05, 4.69) is 38.0 Å². The summed E-state index contributed by atoms with van der Waals surface area (Å²) >= 11 is 1.73. The van der Waals surface area contributed by atoms with Crippen LogP contribution in [0.25, 0.3) is 10.1 Å². The van der Waals surface area contributed by atoms with E-state index in [0.717, 1.165) is 38.3 Å². The molecule has 1 aliphatic heterocycles. The molecule has 0 atom stereocenters. The van der Waals surface area contributed by atoms with Gasteiger partial charge in [0.15, 0.2) is 0 Å². The second-order valence-corrected chi connectivity index (χ2v) is 7.36. The molecule has 0 bridgehead atoms. The van der Waals surface area contributed by atoms with Crippen LogP contribution >= 0.6 is 11.3 Å². The molecule has 1 aliphatic rings. The lowest BCUT2D eigenvalue weighted by Crippen LogP contribution is -2.43. The van der Waals surface area contributed by atoms with E-state index >= 15 is 0 Å². The quantitative estimate of drug-likeness (QED) is 0.728. The van der Waals surface area contributed by atoms with Crippen molar-refractivity contribution in [2.45, 2.75) is 12.8 Å². The summed E-state index contributed by atoms with van der Waals surface area (Å²) in [6.07, 6.45) is 3.05. The molecule has 26 heavy (non-hydrogen) atoms. The van der Waals surface area contributed by atoms with Crippen LogP contribution in [-0.4, -0.2) is 37.1 Å². The molecule has 5 nitrogen and oxygen atoms in total. The van der Waals surface area contributed by atoms with Gasteiger partial charge in [-0.1, -0.05) is 18.2 Å². The van der Waals surface area contributed by atoms with Gasteiger partial charge in [-0.15, -0.1) is 11.3 Å². The summed E-state index contributed by atoms with van der Waals surface area (Å²) in [5.41, 5.74) is 2.34. The molecule has 0 spiro atoms. The highest BCUT2D eigenvalue weighted by Gasteiger charge is 2.11. The molecular weight excluding hydrogens is 344 g/mol. The van der Waals surface area contributed by atoms with E-state index in [1.165, 1.54) is 15.6 Å². The second kappa shape index (κ2) is 7.85. The molecule has 1 fully saturated rings. The minimum atomic E-state index is 0.00250. The Balaban J connectivity index is 1.33. The summed E-state index contributed by atoms with van der Waals surface area (Å²) in [6, 6.07) is 12.2. The summed E-state index contributed by atoms with van der Waals surface area (Å²) in [4.78, 5) is 19.0. The normalized spacial score (nSPS) is 14.5. The minimum absolute atomic E-state index is 0.00250. The number of hydrogen-bond acceptors (Lipinski definition) is 5. The molecule has 3 aromatic rings. The number of thiophene rings is 1. The first-order valence-corrected chi connectivity index (χ1v) is 9.84. The molecule has 4 rings (SSSR count). The third kappa shape index (κ3) is 3.86. The molecule has 2 aromatic heterocycles. The first kappa shape index (κ1) is 17.0. The number of aromatic nitrogens is 1. The van der Waals surface area contributed by atoms with E-state index in [9.17, 15) is 4.79 Å². The number of nitrogens with one attached hydrogen (secondary N) is 2. The predicted molar refractivity (Wildman–Crippen MR) is 108 cm³/mol. The van der Waals surface area contributed by atoms with Crippen molar-refractivity contribution in [1.29, 1.82) is 0 Å². The maximum absolute atomic E-state index is 12.3. The van der Waals surface area contributed by atoms with Gasteiger partial charge in [-0.25, -0.2) is 4.98 Å². The Hall–Kier alpha value is -2.44. The summed E-state index contributed by atoms with van der Waals surface area (Å²) in [5.74, 6) is 0.617. The zero-order chi connectivity index (χ0) is 17.8. The molecular formula is C20H22N4OS. The number of rotatable bonds is 5. The van der Waals surface area contributed by atoms with Crippen LogP contribution < -0.4 is 15.5 Å². The van der Waals surface area contributed by atoms with Gasteiger partial charge < -0.3 is 15.5 Å². The van der Waals surface area contributed by atoms with Crippen LogP contribution in [0.15, 0.2) is 48.0 Å². The van der Waals surface area contributed by atoms with Crippen LogP contribution in [0, 0.1) is 0 Å². The summed E-state index contributed by atoms with van der Waals surface area (Å²) in [7, 11) is 0. The topological polar surface area (TPSA) is 57.3 Å². The lowest BCUT2D eigenvalue weighted by molar-refractivity contribution is -0.116. The van der Waals surface area contributed by atoms with Crippen LogP contribution in [-0.2, 0) is 11.2 Å². The van der Waals surface area contributed by atoms with Gasteiger partial charge in [0, 0.05) is 37.3 Å². The number of anilines is 2. The fourth-order valence-corrected chi connectivity index (χ4v) is 4.25. The third-order valence-corrected chi connectivity index (χ3v) is 5.69. The molecule has 1 saturated heterocycles. The Bertz CT molecular complexity index is 884. The van der Waals surface area contributed by atoms with E-state index in [1.807, 2.05) is 30.5 Å². The third-order valence-electron chi connectivity index (χ3n) is 4.68. The van der Waals surface area contributed by atoms with Crippen molar-refractivity contribution in [3.63, 3.8) is 0 Å². The van der Waals surface area contributed by atoms with Crippen molar-refractivity contribution in [2.75, 3.05) is 36.4 Å². The number of benzene rings is 1. The molecule has 0 aliphatic carbocycles. The number of aryl methyl sites for hydroxylation is 1. The number of nitrogens with zero attached hydrogens (tertiary/aromatic N) is 2. The van der Waals surface area contributed by atoms with Gasteiger partial charge in [0.05, 0.1) is 11.9 Å². The van der Waals surface area contributed by atoms with Gasteiger partial charge in [0.2, 0.25) is 5.91 Å². The lowest BCUT2D eigenvalue weighted by atomic mass is 10.1. The number of fused-ring (bicyclic) bond motifs is 1. The number of pyridine rings is 1. The molecule has 1 amide bonds. The fraction of sp³-hybridized carbons (Fsp3) is 0.300. The number of carbonyl (C=O) groups excluding carboxylic acids is 1. The Morgan fingerprint density at radius 1 is 1.19 bits per heavy atom. The molecule has 134 valence electrons. The Morgan fingerprint density at radius 2 is 2.04 bits per heavy atom. The maximum atomic E-state index is 12.3. The zero-order valence-electron chi connectivity index (χ0n) is 14.6. The van der Waals surface area contributed by atoms with E-state index in [-0.39, 0.29) is 5.91 Å². The van der Waals surface area contributed by atoms with Gasteiger partial charge in [-0.2, -0.15) is 0 Å². The number of amides is 1. The van der Waals surface area contributed by atoms with Gasteiger partial charge in [0.1, 0.15) is 5.82 Å². The average Bonchev–Trinajstić information content (AvgIpc) is 3.11. The van der Waals surface area contributed by atoms with Crippen LogP contribution in [0.2, 0.25) is 0 Å². The monoisotopic (exact) mass is 366 g/mol. The van der Waals surface area contributed by atoms with Crippen LogP contribution in [0.1, 0.15) is 12.0 Å². The number of carbonyl (C=O) groups is 1. The van der Waals surface area contributed by atoms with Crippen molar-refractivity contribution in [1.82, 2.24) is 10.3 Å². The van der Waals surface area contributed by atoms with Crippen molar-refractivity contribution in [3.8, 4) is 0 Å². The fourth-order valence-electron chi connectivity index (χ4n) is 3.25. The van der Waals surface area contributed by atoms with Gasteiger partial charge in [0.25, 0.3) is 0 Å². The smallest absolute Gasteiger partial charge is 0.225 e. The van der Waals surface area contributed by atoms with Crippen molar-refractivity contribution in [2.24, 2.45) is 0 Å². The van der Waals surface area contributed by atoms with E-state index in [0.29, 0.717) is 12.2 Å². The van der Waals surface area contributed by atoms with Gasteiger partial charge in [-0.05, 0) is 40.9 Å². The number of piperazine rings is 1. The Labute approximate surface area is 157 Å². The van der Waals surface area contributed by atoms with Crippen molar-refractivity contribution < 1.29 is 4.79 Å². The molecule has 3 heterocycles. The standard InChI is InChI=1S/C20H22N4OS/c25-20(8-5-15-14-26-18-4-2-1-3-17(15)18)23-19-7-6-16(13-22-19)24-11-9-21-10-12-24/h1-4,6-7,13-14,21H,5,8-12H2,(H,22,23,25). The van der Waals surface area contributed by atoms with E-state index in [4.69, 9.17) is 0 Å². The number of hydrogen-bond donors (Lipinski definition) is 2. The van der Waals surface area contributed by atoms with E-state index < -0.39 is 0 Å². The van der Waals surface area contributed by atoms with Gasteiger partial charge >= 0.3 is 0 Å². The average molecular weight is 366 g/mol. The van der Waals surface area contributed by atoms with Crippen molar-refractivity contribution in [3.05, 3.63) is 53.5 Å². The summed E-state index contributed by atoms with van der Waals surface area (Å²) in [6.45, 7) is 3.97. The molecule has 2 N–H and O–H groups in total. The Kier molecular flexibility index (Phi) is 5.13. The maximum Gasteiger partial charge on any atom is 0.225 e. The molecule has 1 aromatic carbocycles. The lowest BCUT2D eigenvalue weighted by Gasteiger charge is -2.29. The molecule has 6 heteroatoms. The van der Waals surface area contributed by atoms with Crippen LogP contribution in [0.5, 0.6) is 0 Å². The van der Waals surface area contributed by atoms with Gasteiger partial charge in [-0.3, -0.25) is 4.79 Å². The SMILES string of the molecule is O=C(CCc1csc2ccccc12)Nc1ccc(N2CCNCC2)cn1. The molecule has 0 saturated carbocycles. The van der Waals surface area contributed by atoms with Crippen molar-refractivity contribution >= 4 is 38.8 Å². The highest BCUT2D eigenvalue weighted by atomic mass is 32.1. The summed E-state index contributed by atoms with van der Waals surface area (Å²) in [5, 5.41) is 9.65. The Morgan fingerprint density at radius 3 is 2.85 bits per heavy atom. The first-order chi connectivity index (χ1) is 12.8. The van der Waals surface area contributed by atoms with E-state index in [1.54, 1.807) is 11.3 Å². The first-order valence-electron chi connectivity index (χ1n) is 8.96. The highest BCUT2D eigenvalue weighted by molar-refractivity contribution is 7.17. The van der Waals surface area contributed by atoms with Crippen LogP contribution in [0.4, 0.5) is 11.5 Å². The molecule has 0 unspecified atom stereocenters. The largest absolute Gasteiger partial charge is 0.368 e. The minimum Gasteiger partial charge on any atom is -0.368 e. The molecule has 0 radical (unpaired) electrons. The van der Waals surface area contributed by atoms with Crippen LogP contribution in [0.3, 0.4) is 0 Å². The second-order valence-electron chi connectivity index (χ2n) is 6.44. The highest BCUT2D eigenvalue weighted by Crippen LogP contribution is 2.26.